The lowest BCUT2D eigenvalue weighted by atomic mass is 10.4. The third kappa shape index (κ3) is 5.34. The molecule has 0 bridgehead atoms. The number of urea groups is 1. The summed E-state index contributed by atoms with van der Waals surface area (Å²) in [5.41, 5.74) is -0.0482. The highest BCUT2D eigenvalue weighted by molar-refractivity contribution is 7.09. The Bertz CT molecular complexity index is 473. The van der Waals surface area contributed by atoms with Gasteiger partial charge in [-0.1, -0.05) is 0 Å². The Labute approximate surface area is 112 Å². The predicted octanol–water partition coefficient (Wildman–Crippen LogP) is 0.204. The number of thiazole rings is 1. The van der Waals surface area contributed by atoms with E-state index in [4.69, 9.17) is 5.11 Å². The zero-order chi connectivity index (χ0) is 14.3. The second-order valence-electron chi connectivity index (χ2n) is 3.37. The van der Waals surface area contributed by atoms with Crippen LogP contribution >= 0.6 is 11.3 Å². The van der Waals surface area contributed by atoms with Crippen molar-refractivity contribution >= 4 is 29.3 Å². The van der Waals surface area contributed by atoms with E-state index in [2.05, 4.69) is 20.4 Å². The molecular formula is C10H13N3O5S. The molecule has 1 aromatic heterocycles. The van der Waals surface area contributed by atoms with E-state index in [1.54, 1.807) is 0 Å². The second-order valence-corrected chi connectivity index (χ2v) is 4.31. The van der Waals surface area contributed by atoms with Gasteiger partial charge in [-0.25, -0.2) is 14.6 Å². The van der Waals surface area contributed by atoms with Crippen LogP contribution in [0.5, 0.6) is 0 Å². The third-order valence-electron chi connectivity index (χ3n) is 2.01. The number of amides is 2. The molecule has 1 heterocycles. The lowest BCUT2D eigenvalue weighted by molar-refractivity contribution is -0.140. The summed E-state index contributed by atoms with van der Waals surface area (Å²) in [5, 5.41) is 15.5. The molecule has 0 aliphatic heterocycles. The zero-order valence-corrected chi connectivity index (χ0v) is 11.0. The Morgan fingerprint density at radius 2 is 2.16 bits per heavy atom. The average Bonchev–Trinajstić information content (AvgIpc) is 2.85. The largest absolute Gasteiger partial charge is 0.476 e. The topological polar surface area (TPSA) is 118 Å². The predicted molar refractivity (Wildman–Crippen MR) is 65.9 cm³/mol. The van der Waals surface area contributed by atoms with Gasteiger partial charge in [-0.2, -0.15) is 0 Å². The van der Waals surface area contributed by atoms with Crippen molar-refractivity contribution in [3.05, 3.63) is 16.1 Å². The monoisotopic (exact) mass is 287 g/mol. The van der Waals surface area contributed by atoms with Gasteiger partial charge >= 0.3 is 18.0 Å². The average molecular weight is 287 g/mol. The normalized spacial score (nSPS) is 9.74. The van der Waals surface area contributed by atoms with Crippen molar-refractivity contribution in [3.63, 3.8) is 0 Å². The first kappa shape index (κ1) is 14.9. The first-order chi connectivity index (χ1) is 9.02. The van der Waals surface area contributed by atoms with Crippen LogP contribution in [0.15, 0.2) is 5.38 Å². The fourth-order valence-corrected chi connectivity index (χ4v) is 1.80. The number of esters is 1. The minimum absolute atomic E-state index is 0.0482. The van der Waals surface area contributed by atoms with Crippen LogP contribution in [0.3, 0.4) is 0 Å². The molecule has 19 heavy (non-hydrogen) atoms. The van der Waals surface area contributed by atoms with Crippen LogP contribution in [-0.4, -0.2) is 41.7 Å². The van der Waals surface area contributed by atoms with Gasteiger partial charge in [-0.3, -0.25) is 4.79 Å². The molecule has 8 nitrogen and oxygen atoms in total. The van der Waals surface area contributed by atoms with E-state index in [0.717, 1.165) is 11.3 Å². The summed E-state index contributed by atoms with van der Waals surface area (Å²) in [6.07, 6.45) is 0.0876. The molecule has 0 radical (unpaired) electrons. The van der Waals surface area contributed by atoms with Crippen molar-refractivity contribution in [1.82, 2.24) is 15.6 Å². The molecule has 0 spiro atoms. The molecule has 0 atom stereocenters. The molecule has 104 valence electrons. The first-order valence-electron chi connectivity index (χ1n) is 5.29. The highest BCUT2D eigenvalue weighted by atomic mass is 32.1. The Morgan fingerprint density at radius 3 is 2.74 bits per heavy atom. The molecule has 0 saturated heterocycles. The summed E-state index contributed by atoms with van der Waals surface area (Å²) in [7, 11) is 1.27. The maximum Gasteiger partial charge on any atom is 0.355 e. The van der Waals surface area contributed by atoms with Crippen LogP contribution in [-0.2, 0) is 16.1 Å². The maximum absolute atomic E-state index is 11.3. The van der Waals surface area contributed by atoms with Crippen molar-refractivity contribution in [1.29, 1.82) is 0 Å². The van der Waals surface area contributed by atoms with Crippen LogP contribution in [0.1, 0.15) is 21.9 Å². The molecule has 9 heteroatoms. The van der Waals surface area contributed by atoms with Crippen LogP contribution < -0.4 is 10.6 Å². The smallest absolute Gasteiger partial charge is 0.355 e. The van der Waals surface area contributed by atoms with Crippen molar-refractivity contribution in [2.24, 2.45) is 0 Å². The lowest BCUT2D eigenvalue weighted by Crippen LogP contribution is -2.36. The standard InChI is InChI=1S/C10H13N3O5S/c1-18-8(14)2-3-11-10(17)12-4-7-13-6(5-19-7)9(15)16/h5H,2-4H2,1H3,(H,15,16)(H2,11,12,17). The van der Waals surface area contributed by atoms with Crippen molar-refractivity contribution in [3.8, 4) is 0 Å². The van der Waals surface area contributed by atoms with E-state index in [0.29, 0.717) is 5.01 Å². The summed E-state index contributed by atoms with van der Waals surface area (Å²) in [6.45, 7) is 0.290. The number of hydrogen-bond donors (Lipinski definition) is 3. The molecule has 3 N–H and O–H groups in total. The number of rotatable bonds is 6. The van der Waals surface area contributed by atoms with Crippen LogP contribution in [0.2, 0.25) is 0 Å². The number of nitrogens with one attached hydrogen (secondary N) is 2. The molecule has 0 unspecified atom stereocenters. The van der Waals surface area contributed by atoms with E-state index in [9.17, 15) is 14.4 Å². The van der Waals surface area contributed by atoms with Crippen LogP contribution in [0.4, 0.5) is 4.79 Å². The van der Waals surface area contributed by atoms with Gasteiger partial charge in [0.25, 0.3) is 0 Å². The Balaban J connectivity index is 2.26. The fraction of sp³-hybridized carbons (Fsp3) is 0.400. The SMILES string of the molecule is COC(=O)CCNC(=O)NCc1nc(C(=O)O)cs1. The number of ether oxygens (including phenoxy) is 1. The lowest BCUT2D eigenvalue weighted by Gasteiger charge is -2.05. The Morgan fingerprint density at radius 1 is 1.42 bits per heavy atom. The van der Waals surface area contributed by atoms with Crippen molar-refractivity contribution in [2.75, 3.05) is 13.7 Å². The molecule has 0 aromatic carbocycles. The minimum Gasteiger partial charge on any atom is -0.476 e. The number of hydrogen-bond acceptors (Lipinski definition) is 6. The van der Waals surface area contributed by atoms with Gasteiger partial charge in [0, 0.05) is 11.9 Å². The van der Waals surface area contributed by atoms with Crippen LogP contribution in [0, 0.1) is 0 Å². The summed E-state index contributed by atoms with van der Waals surface area (Å²) < 4.78 is 4.41. The van der Waals surface area contributed by atoms with Gasteiger partial charge in [0.15, 0.2) is 5.69 Å². The number of nitrogens with zero attached hydrogens (tertiary/aromatic N) is 1. The van der Waals surface area contributed by atoms with Gasteiger partial charge in [0.2, 0.25) is 0 Å². The van der Waals surface area contributed by atoms with E-state index < -0.39 is 18.0 Å². The summed E-state index contributed by atoms with van der Waals surface area (Å²) in [4.78, 5) is 36.5. The second kappa shape index (κ2) is 7.31. The number of aromatic carboxylic acids is 1. The molecular weight excluding hydrogens is 274 g/mol. The summed E-state index contributed by atoms with van der Waals surface area (Å²) in [6, 6.07) is -0.462. The van der Waals surface area contributed by atoms with Gasteiger partial charge in [-0.05, 0) is 0 Å². The summed E-state index contributed by atoms with van der Waals surface area (Å²) in [5.74, 6) is -1.52. The maximum atomic E-state index is 11.3. The van der Waals surface area contributed by atoms with Gasteiger partial charge in [0.05, 0.1) is 20.1 Å². The Hall–Kier alpha value is -2.16. The number of carbonyl (C=O) groups excluding carboxylic acids is 2. The molecule has 0 aliphatic carbocycles. The molecule has 0 aliphatic rings. The number of carboxylic acid groups (broad SMARTS) is 1. The number of methoxy groups -OCH3 is 1. The number of aromatic nitrogens is 1. The molecule has 0 saturated carbocycles. The summed E-state index contributed by atoms with van der Waals surface area (Å²) >= 11 is 1.14. The molecule has 1 rings (SSSR count). The zero-order valence-electron chi connectivity index (χ0n) is 10.1. The molecule has 0 fully saturated rings. The highest BCUT2D eigenvalue weighted by Gasteiger charge is 2.09. The van der Waals surface area contributed by atoms with Gasteiger partial charge < -0.3 is 20.5 Å². The number of carboxylic acids is 1. The first-order valence-corrected chi connectivity index (χ1v) is 6.17. The fourth-order valence-electron chi connectivity index (χ4n) is 1.09. The van der Waals surface area contributed by atoms with E-state index in [1.165, 1.54) is 12.5 Å². The Kier molecular flexibility index (Phi) is 5.73. The number of carbonyl (C=O) groups is 3. The van der Waals surface area contributed by atoms with Gasteiger partial charge in [0.1, 0.15) is 5.01 Å². The third-order valence-corrected chi connectivity index (χ3v) is 2.86. The highest BCUT2D eigenvalue weighted by Crippen LogP contribution is 2.09. The van der Waals surface area contributed by atoms with E-state index in [-0.39, 0.29) is 25.2 Å². The van der Waals surface area contributed by atoms with Crippen molar-refractivity contribution < 1.29 is 24.2 Å². The quantitative estimate of drug-likeness (QED) is 0.643. The van der Waals surface area contributed by atoms with E-state index >= 15 is 0 Å². The molecule has 2 amide bonds. The minimum atomic E-state index is -1.11. The van der Waals surface area contributed by atoms with Crippen LogP contribution in [0.25, 0.3) is 0 Å². The molecule has 1 aromatic rings. The van der Waals surface area contributed by atoms with E-state index in [1.807, 2.05) is 0 Å². The van der Waals surface area contributed by atoms with Gasteiger partial charge in [-0.15, -0.1) is 11.3 Å². The van der Waals surface area contributed by atoms with Crippen molar-refractivity contribution in [2.45, 2.75) is 13.0 Å².